The standard InChI is InChI=1S/C11H9F4N3O/c1-18-9(5-19)10(16-17-18)7-3-2-6(4-8(7)12)11(13,14)15/h2-4,19H,5H2,1H3. The summed E-state index contributed by atoms with van der Waals surface area (Å²) in [5, 5.41) is 16.4. The summed E-state index contributed by atoms with van der Waals surface area (Å²) in [5.74, 6) is -1.06. The van der Waals surface area contributed by atoms with E-state index in [2.05, 4.69) is 10.3 Å². The molecule has 0 aliphatic rings. The van der Waals surface area contributed by atoms with Crippen molar-refractivity contribution in [1.82, 2.24) is 15.0 Å². The van der Waals surface area contributed by atoms with Crippen molar-refractivity contribution in [1.29, 1.82) is 0 Å². The SMILES string of the molecule is Cn1nnc(-c2ccc(C(F)(F)F)cc2F)c1CO. The third-order valence-corrected chi connectivity index (χ3v) is 2.64. The van der Waals surface area contributed by atoms with Crippen LogP contribution in [0.2, 0.25) is 0 Å². The largest absolute Gasteiger partial charge is 0.416 e. The zero-order valence-electron chi connectivity index (χ0n) is 9.74. The van der Waals surface area contributed by atoms with Gasteiger partial charge in [-0.25, -0.2) is 9.07 Å². The molecule has 1 aromatic carbocycles. The Labute approximate surface area is 105 Å². The number of halogens is 4. The van der Waals surface area contributed by atoms with Crippen LogP contribution in [0.4, 0.5) is 17.6 Å². The van der Waals surface area contributed by atoms with Gasteiger partial charge in [-0.3, -0.25) is 0 Å². The molecule has 2 rings (SSSR count). The molecule has 0 radical (unpaired) electrons. The van der Waals surface area contributed by atoms with E-state index in [1.807, 2.05) is 0 Å². The van der Waals surface area contributed by atoms with Gasteiger partial charge in [0, 0.05) is 12.6 Å². The molecule has 0 aliphatic carbocycles. The first-order valence-electron chi connectivity index (χ1n) is 5.21. The Kier molecular flexibility index (Phi) is 3.27. The van der Waals surface area contributed by atoms with Crippen molar-refractivity contribution in [2.75, 3.05) is 0 Å². The van der Waals surface area contributed by atoms with E-state index in [4.69, 9.17) is 5.11 Å². The second-order valence-electron chi connectivity index (χ2n) is 3.86. The molecule has 1 aromatic heterocycles. The molecule has 2 aromatic rings. The summed E-state index contributed by atoms with van der Waals surface area (Å²) >= 11 is 0. The first-order valence-corrected chi connectivity index (χ1v) is 5.21. The Morgan fingerprint density at radius 1 is 1.32 bits per heavy atom. The lowest BCUT2D eigenvalue weighted by molar-refractivity contribution is -0.137. The zero-order chi connectivity index (χ0) is 14.2. The van der Waals surface area contributed by atoms with E-state index in [1.165, 1.54) is 11.7 Å². The Morgan fingerprint density at radius 2 is 2.00 bits per heavy atom. The number of rotatable bonds is 2. The van der Waals surface area contributed by atoms with E-state index < -0.39 is 24.2 Å². The van der Waals surface area contributed by atoms with Crippen LogP contribution in [0.25, 0.3) is 11.3 Å². The predicted molar refractivity (Wildman–Crippen MR) is 57.3 cm³/mol. The molecule has 0 spiro atoms. The van der Waals surface area contributed by atoms with Gasteiger partial charge in [-0.2, -0.15) is 13.2 Å². The Hall–Kier alpha value is -1.96. The number of aliphatic hydroxyl groups is 1. The average molecular weight is 275 g/mol. The van der Waals surface area contributed by atoms with Crippen LogP contribution >= 0.6 is 0 Å². The fourth-order valence-electron chi connectivity index (χ4n) is 1.65. The number of aryl methyl sites for hydroxylation is 1. The van der Waals surface area contributed by atoms with Crippen molar-refractivity contribution in [2.24, 2.45) is 7.05 Å². The highest BCUT2D eigenvalue weighted by molar-refractivity contribution is 5.62. The van der Waals surface area contributed by atoms with Crippen LogP contribution in [0.15, 0.2) is 18.2 Å². The first kappa shape index (κ1) is 13.5. The van der Waals surface area contributed by atoms with E-state index in [-0.39, 0.29) is 17.0 Å². The van der Waals surface area contributed by atoms with Gasteiger partial charge in [-0.15, -0.1) is 5.10 Å². The zero-order valence-corrected chi connectivity index (χ0v) is 9.74. The summed E-state index contributed by atoms with van der Waals surface area (Å²) in [6, 6.07) is 2.13. The maximum atomic E-state index is 13.7. The summed E-state index contributed by atoms with van der Waals surface area (Å²) < 4.78 is 52.2. The first-order chi connectivity index (χ1) is 8.84. The van der Waals surface area contributed by atoms with Gasteiger partial charge in [0.25, 0.3) is 0 Å². The number of alkyl halides is 3. The third kappa shape index (κ3) is 2.43. The lowest BCUT2D eigenvalue weighted by Crippen LogP contribution is -2.06. The maximum Gasteiger partial charge on any atom is 0.416 e. The van der Waals surface area contributed by atoms with Gasteiger partial charge in [0.15, 0.2) is 0 Å². The van der Waals surface area contributed by atoms with Gasteiger partial charge in [0.1, 0.15) is 11.5 Å². The average Bonchev–Trinajstić information content (AvgIpc) is 2.69. The molecule has 4 nitrogen and oxygen atoms in total. The molecule has 0 amide bonds. The Morgan fingerprint density at radius 3 is 2.53 bits per heavy atom. The van der Waals surface area contributed by atoms with Gasteiger partial charge in [0.2, 0.25) is 0 Å². The molecule has 1 N–H and O–H groups in total. The molecule has 0 atom stereocenters. The highest BCUT2D eigenvalue weighted by Crippen LogP contribution is 2.32. The molecule has 102 valence electrons. The van der Waals surface area contributed by atoms with Gasteiger partial charge >= 0.3 is 6.18 Å². The van der Waals surface area contributed by atoms with E-state index in [9.17, 15) is 17.6 Å². The number of nitrogens with zero attached hydrogens (tertiary/aromatic N) is 3. The molecule has 0 bridgehead atoms. The van der Waals surface area contributed by atoms with Crippen LogP contribution in [0, 0.1) is 5.82 Å². The molecule has 0 saturated heterocycles. The minimum atomic E-state index is -4.61. The van der Waals surface area contributed by atoms with Crippen LogP contribution in [-0.4, -0.2) is 20.1 Å². The van der Waals surface area contributed by atoms with Crippen molar-refractivity contribution in [2.45, 2.75) is 12.8 Å². The van der Waals surface area contributed by atoms with Gasteiger partial charge in [0.05, 0.1) is 17.9 Å². The van der Waals surface area contributed by atoms with E-state index >= 15 is 0 Å². The van der Waals surface area contributed by atoms with Crippen LogP contribution in [0.1, 0.15) is 11.3 Å². The monoisotopic (exact) mass is 275 g/mol. The number of benzene rings is 1. The van der Waals surface area contributed by atoms with Crippen LogP contribution < -0.4 is 0 Å². The number of hydrogen-bond donors (Lipinski definition) is 1. The smallest absolute Gasteiger partial charge is 0.390 e. The summed E-state index contributed by atoms with van der Waals surface area (Å²) in [5.41, 5.74) is -0.969. The van der Waals surface area contributed by atoms with Gasteiger partial charge in [-0.1, -0.05) is 5.21 Å². The predicted octanol–water partition coefficient (Wildman–Crippen LogP) is 2.13. The molecule has 19 heavy (non-hydrogen) atoms. The molecular formula is C11H9F4N3O. The van der Waals surface area contributed by atoms with Crippen molar-refractivity contribution in [3.8, 4) is 11.3 Å². The minimum absolute atomic E-state index is 0.0243. The summed E-state index contributed by atoms with van der Waals surface area (Å²) in [6.45, 7) is -0.445. The number of aliphatic hydroxyl groups excluding tert-OH is 1. The summed E-state index contributed by atoms with van der Waals surface area (Å²) in [7, 11) is 1.49. The second-order valence-corrected chi connectivity index (χ2v) is 3.86. The highest BCUT2D eigenvalue weighted by atomic mass is 19.4. The van der Waals surface area contributed by atoms with Crippen LogP contribution in [-0.2, 0) is 19.8 Å². The van der Waals surface area contributed by atoms with Crippen molar-refractivity contribution in [3.05, 3.63) is 35.3 Å². The third-order valence-electron chi connectivity index (χ3n) is 2.64. The second kappa shape index (κ2) is 4.61. The molecule has 0 unspecified atom stereocenters. The molecule has 0 aliphatic heterocycles. The minimum Gasteiger partial charge on any atom is -0.390 e. The topological polar surface area (TPSA) is 50.9 Å². The number of aromatic nitrogens is 3. The lowest BCUT2D eigenvalue weighted by atomic mass is 10.1. The quantitative estimate of drug-likeness (QED) is 0.854. The fraction of sp³-hybridized carbons (Fsp3) is 0.273. The van der Waals surface area contributed by atoms with Gasteiger partial charge in [-0.05, 0) is 18.2 Å². The Bertz CT molecular complexity index is 606. The molecule has 1 heterocycles. The summed E-state index contributed by atoms with van der Waals surface area (Å²) in [4.78, 5) is 0. The number of hydrogen-bond acceptors (Lipinski definition) is 3. The van der Waals surface area contributed by atoms with E-state index in [0.29, 0.717) is 6.07 Å². The van der Waals surface area contributed by atoms with Crippen molar-refractivity contribution in [3.63, 3.8) is 0 Å². The summed E-state index contributed by atoms with van der Waals surface area (Å²) in [6.07, 6.45) is -4.61. The van der Waals surface area contributed by atoms with Crippen molar-refractivity contribution < 1.29 is 22.7 Å². The fourth-order valence-corrected chi connectivity index (χ4v) is 1.65. The van der Waals surface area contributed by atoms with Crippen molar-refractivity contribution >= 4 is 0 Å². The highest BCUT2D eigenvalue weighted by Gasteiger charge is 2.31. The van der Waals surface area contributed by atoms with E-state index in [0.717, 1.165) is 12.1 Å². The molecular weight excluding hydrogens is 266 g/mol. The molecule has 0 fully saturated rings. The normalized spacial score (nSPS) is 11.9. The maximum absolute atomic E-state index is 13.7. The van der Waals surface area contributed by atoms with Crippen LogP contribution in [0.5, 0.6) is 0 Å². The molecule has 0 saturated carbocycles. The van der Waals surface area contributed by atoms with Crippen LogP contribution in [0.3, 0.4) is 0 Å². The molecule has 8 heteroatoms. The lowest BCUT2D eigenvalue weighted by Gasteiger charge is -2.08. The van der Waals surface area contributed by atoms with E-state index in [1.54, 1.807) is 0 Å². The Balaban J connectivity index is 2.52. The van der Waals surface area contributed by atoms with Gasteiger partial charge < -0.3 is 5.11 Å².